The van der Waals surface area contributed by atoms with Crippen molar-refractivity contribution in [3.63, 3.8) is 0 Å². The summed E-state index contributed by atoms with van der Waals surface area (Å²) < 4.78 is 31.4. The molecule has 0 saturated carbocycles. The van der Waals surface area contributed by atoms with Gasteiger partial charge in [-0.15, -0.1) is 0 Å². The van der Waals surface area contributed by atoms with Crippen LogP contribution in [0.4, 0.5) is 5.69 Å². The van der Waals surface area contributed by atoms with Crippen LogP contribution in [0.25, 0.3) is 0 Å². The van der Waals surface area contributed by atoms with Gasteiger partial charge in [-0.25, -0.2) is 8.42 Å². The van der Waals surface area contributed by atoms with Crippen LogP contribution in [0.1, 0.15) is 26.7 Å². The Morgan fingerprint density at radius 3 is 2.62 bits per heavy atom. The maximum Gasteiger partial charge on any atom is 0.303 e. The van der Waals surface area contributed by atoms with Crippen molar-refractivity contribution in [3.05, 3.63) is 23.2 Å². The fourth-order valence-corrected chi connectivity index (χ4v) is 2.90. The molecule has 0 aliphatic rings. The lowest BCUT2D eigenvalue weighted by atomic mass is 10.3. The molecule has 0 saturated heterocycles. The highest BCUT2D eigenvalue weighted by atomic mass is 35.5. The number of hydrogen-bond donors (Lipinski definition) is 2. The number of anilines is 1. The van der Waals surface area contributed by atoms with E-state index in [0.717, 1.165) is 0 Å². The van der Waals surface area contributed by atoms with Crippen LogP contribution in [0.3, 0.4) is 0 Å². The molecule has 0 aliphatic carbocycles. The molecule has 0 aliphatic heterocycles. The van der Waals surface area contributed by atoms with Crippen LogP contribution < -0.4 is 9.46 Å². The van der Waals surface area contributed by atoms with E-state index in [1.807, 2.05) is 13.8 Å². The van der Waals surface area contributed by atoms with Crippen LogP contribution in [0.5, 0.6) is 5.75 Å². The van der Waals surface area contributed by atoms with Crippen molar-refractivity contribution in [3.8, 4) is 5.75 Å². The lowest BCUT2D eigenvalue weighted by Crippen LogP contribution is -2.17. The second-order valence-electron chi connectivity index (χ2n) is 4.73. The number of ether oxygens (including phenoxy) is 1. The molecule has 118 valence electrons. The Morgan fingerprint density at radius 1 is 1.43 bits per heavy atom. The number of benzene rings is 1. The molecule has 0 heterocycles. The van der Waals surface area contributed by atoms with Crippen LogP contribution in [0.15, 0.2) is 18.2 Å². The molecule has 1 rings (SSSR count). The Bertz CT molecular complexity index is 601. The molecular weight excluding hydrogens is 318 g/mol. The molecule has 0 bridgehead atoms. The Labute approximate surface area is 129 Å². The number of sulfonamides is 1. The second kappa shape index (κ2) is 7.51. The summed E-state index contributed by atoms with van der Waals surface area (Å²) in [6.45, 7) is 3.71. The minimum Gasteiger partial charge on any atom is -0.489 e. The number of halogens is 1. The maximum absolute atomic E-state index is 11.8. The third-order valence-corrected chi connectivity index (χ3v) is 4.04. The van der Waals surface area contributed by atoms with Gasteiger partial charge < -0.3 is 9.84 Å². The largest absolute Gasteiger partial charge is 0.489 e. The van der Waals surface area contributed by atoms with E-state index < -0.39 is 16.0 Å². The normalized spacial score (nSPS) is 11.4. The van der Waals surface area contributed by atoms with E-state index >= 15 is 0 Å². The first-order chi connectivity index (χ1) is 9.69. The standard InChI is InChI=1S/C13H18ClNO5S/c1-9(2)20-12-6-5-10(8-11(12)14)15-21(18,19)7-3-4-13(16)17/h5-6,8-9,15H,3-4,7H2,1-2H3,(H,16,17). The fraction of sp³-hybridized carbons (Fsp3) is 0.462. The summed E-state index contributed by atoms with van der Waals surface area (Å²) in [5.41, 5.74) is 0.312. The van der Waals surface area contributed by atoms with Crippen LogP contribution in [0.2, 0.25) is 5.02 Å². The molecule has 0 spiro atoms. The third-order valence-electron chi connectivity index (χ3n) is 2.37. The zero-order valence-corrected chi connectivity index (χ0v) is 13.4. The molecule has 6 nitrogen and oxygen atoms in total. The highest BCUT2D eigenvalue weighted by Gasteiger charge is 2.13. The van der Waals surface area contributed by atoms with Crippen molar-refractivity contribution < 1.29 is 23.1 Å². The summed E-state index contributed by atoms with van der Waals surface area (Å²) >= 11 is 6.01. The van der Waals surface area contributed by atoms with E-state index in [1.165, 1.54) is 6.07 Å². The van der Waals surface area contributed by atoms with Gasteiger partial charge in [0.1, 0.15) is 5.75 Å². The van der Waals surface area contributed by atoms with E-state index in [-0.39, 0.29) is 24.7 Å². The van der Waals surface area contributed by atoms with Gasteiger partial charge in [0.2, 0.25) is 10.0 Å². The average molecular weight is 336 g/mol. The molecule has 2 N–H and O–H groups in total. The smallest absolute Gasteiger partial charge is 0.303 e. The van der Waals surface area contributed by atoms with Crippen molar-refractivity contribution in [1.29, 1.82) is 0 Å². The van der Waals surface area contributed by atoms with Gasteiger partial charge >= 0.3 is 5.97 Å². The Kier molecular flexibility index (Phi) is 6.29. The van der Waals surface area contributed by atoms with Crippen molar-refractivity contribution in [1.82, 2.24) is 0 Å². The van der Waals surface area contributed by atoms with E-state index in [2.05, 4.69) is 4.72 Å². The highest BCUT2D eigenvalue weighted by molar-refractivity contribution is 7.92. The summed E-state index contributed by atoms with van der Waals surface area (Å²) in [5.74, 6) is -0.815. The van der Waals surface area contributed by atoms with Crippen LogP contribution in [-0.4, -0.2) is 31.4 Å². The monoisotopic (exact) mass is 335 g/mol. The van der Waals surface area contributed by atoms with Gasteiger partial charge in [-0.2, -0.15) is 0 Å². The fourth-order valence-electron chi connectivity index (χ4n) is 1.56. The first kappa shape index (κ1) is 17.6. The molecule has 8 heteroatoms. The maximum atomic E-state index is 11.8. The molecule has 0 atom stereocenters. The van der Waals surface area contributed by atoms with E-state index in [0.29, 0.717) is 16.5 Å². The van der Waals surface area contributed by atoms with Crippen molar-refractivity contribution >= 4 is 33.3 Å². The van der Waals surface area contributed by atoms with E-state index in [4.69, 9.17) is 21.4 Å². The third kappa shape index (κ3) is 6.68. The molecule has 0 amide bonds. The van der Waals surface area contributed by atoms with Gasteiger partial charge in [-0.3, -0.25) is 9.52 Å². The number of carboxylic acid groups (broad SMARTS) is 1. The molecule has 0 radical (unpaired) electrons. The molecule has 21 heavy (non-hydrogen) atoms. The Hall–Kier alpha value is -1.47. The van der Waals surface area contributed by atoms with E-state index in [9.17, 15) is 13.2 Å². The number of nitrogens with one attached hydrogen (secondary N) is 1. The van der Waals surface area contributed by atoms with Gasteiger partial charge in [0.05, 0.1) is 22.6 Å². The SMILES string of the molecule is CC(C)Oc1ccc(NS(=O)(=O)CCCC(=O)O)cc1Cl. The van der Waals surface area contributed by atoms with Crippen LogP contribution >= 0.6 is 11.6 Å². The zero-order chi connectivity index (χ0) is 16.0. The molecular formula is C13H18ClNO5S. The predicted molar refractivity (Wildman–Crippen MR) is 81.5 cm³/mol. The minimum atomic E-state index is -3.60. The quantitative estimate of drug-likeness (QED) is 0.762. The zero-order valence-electron chi connectivity index (χ0n) is 11.8. The second-order valence-corrected chi connectivity index (χ2v) is 6.98. The Morgan fingerprint density at radius 2 is 2.10 bits per heavy atom. The molecule has 0 unspecified atom stereocenters. The van der Waals surface area contributed by atoms with Crippen molar-refractivity contribution in [2.75, 3.05) is 10.5 Å². The summed E-state index contributed by atoms with van der Waals surface area (Å²) in [7, 11) is -3.60. The summed E-state index contributed by atoms with van der Waals surface area (Å²) in [6, 6.07) is 4.57. The summed E-state index contributed by atoms with van der Waals surface area (Å²) in [6.07, 6.45) is -0.184. The number of aliphatic carboxylic acids is 1. The summed E-state index contributed by atoms with van der Waals surface area (Å²) in [5, 5.41) is 8.79. The average Bonchev–Trinajstić information content (AvgIpc) is 2.31. The van der Waals surface area contributed by atoms with Gasteiger partial charge in [0.15, 0.2) is 0 Å². The van der Waals surface area contributed by atoms with E-state index in [1.54, 1.807) is 12.1 Å². The molecule has 0 fully saturated rings. The van der Waals surface area contributed by atoms with Crippen molar-refractivity contribution in [2.45, 2.75) is 32.8 Å². The molecule has 0 aromatic heterocycles. The topological polar surface area (TPSA) is 92.7 Å². The number of carboxylic acids is 1. The van der Waals surface area contributed by atoms with Gasteiger partial charge in [-0.05, 0) is 38.5 Å². The number of rotatable bonds is 8. The number of carbonyl (C=O) groups is 1. The van der Waals surface area contributed by atoms with Crippen molar-refractivity contribution in [2.24, 2.45) is 0 Å². The highest BCUT2D eigenvalue weighted by Crippen LogP contribution is 2.28. The summed E-state index contributed by atoms with van der Waals surface area (Å²) in [4.78, 5) is 10.4. The number of hydrogen-bond acceptors (Lipinski definition) is 4. The lowest BCUT2D eigenvalue weighted by Gasteiger charge is -2.13. The Balaban J connectivity index is 2.70. The minimum absolute atomic E-state index is 0.0407. The molecule has 1 aromatic rings. The van der Waals surface area contributed by atoms with Gasteiger partial charge in [0, 0.05) is 6.42 Å². The first-order valence-electron chi connectivity index (χ1n) is 6.38. The van der Waals surface area contributed by atoms with Crippen LogP contribution in [0, 0.1) is 0 Å². The van der Waals surface area contributed by atoms with Gasteiger partial charge in [-0.1, -0.05) is 11.6 Å². The van der Waals surface area contributed by atoms with Crippen LogP contribution in [-0.2, 0) is 14.8 Å². The predicted octanol–water partition coefficient (Wildman–Crippen LogP) is 2.73. The first-order valence-corrected chi connectivity index (χ1v) is 8.41. The lowest BCUT2D eigenvalue weighted by molar-refractivity contribution is -0.137. The molecule has 1 aromatic carbocycles. The van der Waals surface area contributed by atoms with Gasteiger partial charge in [0.25, 0.3) is 0 Å².